The third kappa shape index (κ3) is 2.87. The quantitative estimate of drug-likeness (QED) is 0.844. The molecular weight excluding hydrogens is 210 g/mol. The zero-order chi connectivity index (χ0) is 12.3. The average Bonchev–Trinajstić information content (AvgIpc) is 2.38. The van der Waals surface area contributed by atoms with Gasteiger partial charge in [-0.25, -0.2) is 0 Å². The van der Waals surface area contributed by atoms with Crippen molar-refractivity contribution in [2.45, 2.75) is 38.7 Å². The number of nitrogens with zero attached hydrogens (tertiary/aromatic N) is 1. The van der Waals surface area contributed by atoms with Crippen LogP contribution in [-0.2, 0) is 0 Å². The molecule has 2 heteroatoms. The molecule has 17 heavy (non-hydrogen) atoms. The molecule has 1 fully saturated rings. The molecule has 0 aromatic heterocycles. The van der Waals surface area contributed by atoms with E-state index in [9.17, 15) is 5.11 Å². The van der Waals surface area contributed by atoms with Gasteiger partial charge in [0, 0.05) is 0 Å². The maximum Gasteiger partial charge on any atom is 0.0991 e. The lowest BCUT2D eigenvalue weighted by molar-refractivity contribution is 0.0714. The van der Waals surface area contributed by atoms with Crippen LogP contribution in [0.5, 0.6) is 0 Å². The summed E-state index contributed by atoms with van der Waals surface area (Å²) in [5, 5.41) is 19.1. The molecule has 1 N–H and O–H groups in total. The molecule has 0 heterocycles. The van der Waals surface area contributed by atoms with E-state index in [0.29, 0.717) is 11.5 Å². The largest absolute Gasteiger partial charge is 0.388 e. The first-order chi connectivity index (χ1) is 8.20. The molecule has 3 unspecified atom stereocenters. The summed E-state index contributed by atoms with van der Waals surface area (Å²) in [6, 6.07) is 9.42. The summed E-state index contributed by atoms with van der Waals surface area (Å²) in [6.07, 6.45) is 4.37. The molecule has 1 aliphatic rings. The van der Waals surface area contributed by atoms with Crippen LogP contribution in [0.2, 0.25) is 0 Å². The van der Waals surface area contributed by atoms with Crippen molar-refractivity contribution in [3.63, 3.8) is 0 Å². The lowest BCUT2D eigenvalue weighted by atomic mass is 9.78. The predicted molar refractivity (Wildman–Crippen MR) is 67.2 cm³/mol. The molecule has 0 aliphatic heterocycles. The van der Waals surface area contributed by atoms with E-state index in [4.69, 9.17) is 5.26 Å². The second-order valence-electron chi connectivity index (χ2n) is 5.21. The Bertz CT molecular complexity index is 404. The van der Waals surface area contributed by atoms with Crippen molar-refractivity contribution >= 4 is 0 Å². The third-order valence-electron chi connectivity index (χ3n) is 3.80. The van der Waals surface area contributed by atoms with Gasteiger partial charge in [0.1, 0.15) is 0 Å². The minimum atomic E-state index is -0.370. The second-order valence-corrected chi connectivity index (χ2v) is 5.21. The Morgan fingerprint density at radius 2 is 2.00 bits per heavy atom. The highest BCUT2D eigenvalue weighted by molar-refractivity contribution is 5.32. The maximum absolute atomic E-state index is 10.3. The number of aliphatic hydroxyl groups is 1. The van der Waals surface area contributed by atoms with Crippen LogP contribution in [0.4, 0.5) is 0 Å². The highest BCUT2D eigenvalue weighted by Crippen LogP contribution is 2.36. The average molecular weight is 229 g/mol. The standard InChI is InChI=1S/C15H19NO/c1-11-3-2-4-14(9-11)15(17)13-7-5-12(10-16)6-8-13/h5-8,11,14-15,17H,2-4,9H2,1H3. The number of rotatable bonds is 2. The maximum atomic E-state index is 10.3. The fourth-order valence-electron chi connectivity index (χ4n) is 2.79. The number of hydrogen-bond donors (Lipinski definition) is 1. The zero-order valence-electron chi connectivity index (χ0n) is 10.3. The predicted octanol–water partition coefficient (Wildman–Crippen LogP) is 3.42. The lowest BCUT2D eigenvalue weighted by Crippen LogP contribution is -2.20. The Labute approximate surface area is 103 Å². The highest BCUT2D eigenvalue weighted by atomic mass is 16.3. The van der Waals surface area contributed by atoms with Crippen LogP contribution in [0.15, 0.2) is 24.3 Å². The van der Waals surface area contributed by atoms with Gasteiger partial charge in [-0.2, -0.15) is 5.26 Å². The van der Waals surface area contributed by atoms with E-state index >= 15 is 0 Å². The summed E-state index contributed by atoms with van der Waals surface area (Å²) in [5.74, 6) is 1.11. The van der Waals surface area contributed by atoms with Crippen LogP contribution in [0, 0.1) is 23.2 Å². The fraction of sp³-hybridized carbons (Fsp3) is 0.533. The van der Waals surface area contributed by atoms with Gasteiger partial charge < -0.3 is 5.11 Å². The van der Waals surface area contributed by atoms with Crippen LogP contribution >= 0.6 is 0 Å². The molecule has 0 spiro atoms. The Morgan fingerprint density at radius 3 is 2.59 bits per heavy atom. The molecule has 1 saturated carbocycles. The van der Waals surface area contributed by atoms with Gasteiger partial charge in [-0.15, -0.1) is 0 Å². The van der Waals surface area contributed by atoms with Crippen molar-refractivity contribution in [1.29, 1.82) is 5.26 Å². The van der Waals surface area contributed by atoms with E-state index in [2.05, 4.69) is 13.0 Å². The Morgan fingerprint density at radius 1 is 1.29 bits per heavy atom. The van der Waals surface area contributed by atoms with E-state index < -0.39 is 0 Å². The first-order valence-corrected chi connectivity index (χ1v) is 6.39. The smallest absolute Gasteiger partial charge is 0.0991 e. The van der Waals surface area contributed by atoms with Gasteiger partial charge in [-0.05, 0) is 42.4 Å². The van der Waals surface area contributed by atoms with Crippen molar-refractivity contribution in [2.75, 3.05) is 0 Å². The van der Waals surface area contributed by atoms with Crippen LogP contribution in [0.3, 0.4) is 0 Å². The van der Waals surface area contributed by atoms with Gasteiger partial charge in [-0.1, -0.05) is 31.9 Å². The summed E-state index contributed by atoms with van der Waals surface area (Å²) in [5.41, 5.74) is 1.60. The van der Waals surface area contributed by atoms with E-state index in [1.807, 2.05) is 12.1 Å². The molecule has 1 aliphatic carbocycles. The minimum absolute atomic E-state index is 0.370. The highest BCUT2D eigenvalue weighted by Gasteiger charge is 2.26. The normalized spacial score (nSPS) is 26.2. The van der Waals surface area contributed by atoms with Gasteiger partial charge >= 0.3 is 0 Å². The van der Waals surface area contributed by atoms with Gasteiger partial charge in [0.05, 0.1) is 17.7 Å². The molecule has 0 bridgehead atoms. The Hall–Kier alpha value is -1.33. The molecule has 2 nitrogen and oxygen atoms in total. The number of aliphatic hydroxyl groups excluding tert-OH is 1. The van der Waals surface area contributed by atoms with Crippen LogP contribution in [0.1, 0.15) is 49.8 Å². The summed E-state index contributed by atoms with van der Waals surface area (Å²) in [7, 11) is 0. The number of hydrogen-bond acceptors (Lipinski definition) is 2. The van der Waals surface area contributed by atoms with Crippen LogP contribution < -0.4 is 0 Å². The fourth-order valence-corrected chi connectivity index (χ4v) is 2.79. The zero-order valence-corrected chi connectivity index (χ0v) is 10.3. The third-order valence-corrected chi connectivity index (χ3v) is 3.80. The summed E-state index contributed by atoms with van der Waals surface area (Å²) < 4.78 is 0. The van der Waals surface area contributed by atoms with Crippen molar-refractivity contribution < 1.29 is 5.11 Å². The van der Waals surface area contributed by atoms with Crippen LogP contribution in [-0.4, -0.2) is 5.11 Å². The number of nitriles is 1. The topological polar surface area (TPSA) is 44.0 Å². The molecular formula is C15H19NO. The molecule has 0 amide bonds. The van der Waals surface area contributed by atoms with Crippen molar-refractivity contribution in [1.82, 2.24) is 0 Å². The SMILES string of the molecule is CC1CCCC(C(O)c2ccc(C#N)cc2)C1. The van der Waals surface area contributed by atoms with Crippen molar-refractivity contribution in [2.24, 2.45) is 11.8 Å². The lowest BCUT2D eigenvalue weighted by Gasteiger charge is -2.30. The van der Waals surface area contributed by atoms with Crippen LogP contribution in [0.25, 0.3) is 0 Å². The van der Waals surface area contributed by atoms with E-state index in [0.717, 1.165) is 24.3 Å². The van der Waals surface area contributed by atoms with E-state index in [1.165, 1.54) is 12.8 Å². The first-order valence-electron chi connectivity index (χ1n) is 6.39. The summed E-state index contributed by atoms with van der Waals surface area (Å²) in [4.78, 5) is 0. The van der Waals surface area contributed by atoms with Crippen molar-refractivity contribution in [3.8, 4) is 6.07 Å². The summed E-state index contributed by atoms with van der Waals surface area (Å²) >= 11 is 0. The molecule has 3 atom stereocenters. The van der Waals surface area contributed by atoms with E-state index in [-0.39, 0.29) is 6.10 Å². The molecule has 1 aromatic carbocycles. The van der Waals surface area contributed by atoms with Gasteiger partial charge in [-0.3, -0.25) is 0 Å². The minimum Gasteiger partial charge on any atom is -0.388 e. The molecule has 2 rings (SSSR count). The van der Waals surface area contributed by atoms with Gasteiger partial charge in [0.2, 0.25) is 0 Å². The second kappa shape index (κ2) is 5.33. The molecule has 0 radical (unpaired) electrons. The van der Waals surface area contributed by atoms with Gasteiger partial charge in [0.25, 0.3) is 0 Å². The number of benzene rings is 1. The Kier molecular flexibility index (Phi) is 3.81. The first kappa shape index (κ1) is 12.1. The molecule has 0 saturated heterocycles. The molecule has 90 valence electrons. The van der Waals surface area contributed by atoms with Crippen molar-refractivity contribution in [3.05, 3.63) is 35.4 Å². The van der Waals surface area contributed by atoms with E-state index in [1.54, 1.807) is 12.1 Å². The molecule has 1 aromatic rings. The monoisotopic (exact) mass is 229 g/mol. The van der Waals surface area contributed by atoms with Gasteiger partial charge in [0.15, 0.2) is 0 Å². The summed E-state index contributed by atoms with van der Waals surface area (Å²) in [6.45, 7) is 2.26. The Balaban J connectivity index is 2.07.